The first-order valence-corrected chi connectivity index (χ1v) is 9.19. The van der Waals surface area contributed by atoms with E-state index in [4.69, 9.17) is 30.1 Å². The molecule has 3 heterocycles. The lowest BCUT2D eigenvalue weighted by Crippen LogP contribution is -2.47. The molecule has 3 aliphatic rings. The molecule has 0 bridgehead atoms. The van der Waals surface area contributed by atoms with Crippen molar-refractivity contribution >= 4 is 24.4 Å². The van der Waals surface area contributed by atoms with Crippen LogP contribution in [0.1, 0.15) is 6.92 Å². The average molecular weight is 348 g/mol. The second-order valence-electron chi connectivity index (χ2n) is 5.17. The van der Waals surface area contributed by atoms with Crippen molar-refractivity contribution in [2.24, 2.45) is 0 Å². The highest BCUT2D eigenvalue weighted by Crippen LogP contribution is 2.55. The van der Waals surface area contributed by atoms with Gasteiger partial charge in [-0.1, -0.05) is 6.58 Å². The molecular weight excluding hydrogens is 331 g/mol. The fraction of sp³-hybridized carbons (Fsp3) is 0.583. The Labute approximate surface area is 132 Å². The van der Waals surface area contributed by atoms with Gasteiger partial charge in [0.25, 0.3) is 5.91 Å². The van der Waals surface area contributed by atoms with E-state index in [9.17, 15) is 9.90 Å². The lowest BCUT2D eigenvalue weighted by molar-refractivity contribution is -0.119. The minimum atomic E-state index is -2.84. The van der Waals surface area contributed by atoms with Crippen LogP contribution < -0.4 is 5.32 Å². The van der Waals surface area contributed by atoms with E-state index in [0.29, 0.717) is 11.4 Å². The lowest BCUT2D eigenvalue weighted by atomic mass is 10.1. The molecule has 122 valence electrons. The van der Waals surface area contributed by atoms with Crippen molar-refractivity contribution in [1.29, 1.82) is 0 Å². The highest BCUT2D eigenvalue weighted by Gasteiger charge is 2.53. The van der Waals surface area contributed by atoms with Gasteiger partial charge in [0.1, 0.15) is 24.1 Å². The summed E-state index contributed by atoms with van der Waals surface area (Å²) in [4.78, 5) is 13.1. The molecule has 5 atom stereocenters. The number of carbonyl (C=O) groups is 1. The van der Waals surface area contributed by atoms with Crippen LogP contribution in [0.2, 0.25) is 0 Å². The Morgan fingerprint density at radius 3 is 3.05 bits per heavy atom. The van der Waals surface area contributed by atoms with Gasteiger partial charge in [0.2, 0.25) is 0 Å². The van der Waals surface area contributed by atoms with Crippen LogP contribution in [0.3, 0.4) is 0 Å². The van der Waals surface area contributed by atoms with Gasteiger partial charge < -0.3 is 29.1 Å². The molecule has 8 nitrogen and oxygen atoms in total. The molecule has 10 heteroatoms. The van der Waals surface area contributed by atoms with Crippen LogP contribution in [-0.4, -0.2) is 54.2 Å². The van der Waals surface area contributed by atoms with Crippen LogP contribution in [0.25, 0.3) is 0 Å². The van der Waals surface area contributed by atoms with E-state index in [2.05, 4.69) is 11.9 Å². The zero-order valence-electron chi connectivity index (χ0n) is 12.1. The summed E-state index contributed by atoms with van der Waals surface area (Å²) in [7, 11) is 1.41. The van der Waals surface area contributed by atoms with Gasteiger partial charge in [-0.15, -0.1) is 0 Å². The molecule has 0 spiro atoms. The summed E-state index contributed by atoms with van der Waals surface area (Å²) in [5.41, 5.74) is 0.484. The highest BCUT2D eigenvalue weighted by molar-refractivity contribution is 8.07. The average Bonchev–Trinajstić information content (AvgIpc) is 2.80. The maximum Gasteiger partial charge on any atom is 0.327 e. The van der Waals surface area contributed by atoms with E-state index in [1.165, 1.54) is 7.11 Å². The van der Waals surface area contributed by atoms with Crippen LogP contribution in [0, 0.1) is 0 Å². The number of fused-ring (bicyclic) bond motifs is 1. The molecule has 0 radical (unpaired) electrons. The SMILES string of the molecule is C=C1NC(=O)C(C)=CN1[C@@H]1O[C@@H]2COP(=S)(OC)OC2C1O. The number of nitrogens with one attached hydrogen (secondary N) is 1. The summed E-state index contributed by atoms with van der Waals surface area (Å²) in [5.74, 6) is 0.0889. The Morgan fingerprint density at radius 1 is 1.64 bits per heavy atom. The summed E-state index contributed by atoms with van der Waals surface area (Å²) >= 11 is 5.16. The number of amides is 1. The third-order valence-corrected chi connectivity index (χ3v) is 6.15. The number of carbonyl (C=O) groups excluding carboxylic acids is 1. The number of aliphatic hydroxyl groups is 1. The number of hydrogen-bond acceptors (Lipinski definition) is 8. The number of rotatable bonds is 2. The zero-order chi connectivity index (χ0) is 16.1. The van der Waals surface area contributed by atoms with Gasteiger partial charge in [0, 0.05) is 18.9 Å². The fourth-order valence-electron chi connectivity index (χ4n) is 2.52. The number of ether oxygens (including phenoxy) is 1. The molecule has 0 aromatic carbocycles. The monoisotopic (exact) mass is 348 g/mol. The second-order valence-corrected chi connectivity index (χ2v) is 8.24. The van der Waals surface area contributed by atoms with Gasteiger partial charge in [0.05, 0.1) is 6.61 Å². The number of aliphatic hydroxyl groups excluding tert-OH is 1. The molecule has 1 amide bonds. The standard InChI is InChI=1S/C12H17N2O6PS/c1-6-4-14(7(2)13-11(6)16)12-9(15)10-8(19-12)5-18-21(22,17-3)20-10/h4,8-10,12,15H,2,5H2,1,3H3,(H,13,16)/t8-,9?,10?,12-,21?/m1/s1. The summed E-state index contributed by atoms with van der Waals surface area (Å²) in [5, 5.41) is 13.1. The molecular formula is C12H17N2O6PS. The molecule has 0 saturated carbocycles. The molecule has 2 fully saturated rings. The van der Waals surface area contributed by atoms with Crippen molar-refractivity contribution in [3.8, 4) is 0 Å². The van der Waals surface area contributed by atoms with Gasteiger partial charge in [-0.05, 0) is 18.7 Å². The van der Waals surface area contributed by atoms with Crippen molar-refractivity contribution in [3.63, 3.8) is 0 Å². The first-order chi connectivity index (χ1) is 10.3. The number of hydrogen-bond donors (Lipinski definition) is 2. The van der Waals surface area contributed by atoms with Gasteiger partial charge in [-0.2, -0.15) is 0 Å². The van der Waals surface area contributed by atoms with Crippen LogP contribution in [-0.2, 0) is 34.9 Å². The van der Waals surface area contributed by atoms with Crippen molar-refractivity contribution in [1.82, 2.24) is 10.2 Å². The zero-order valence-corrected chi connectivity index (χ0v) is 13.8. The van der Waals surface area contributed by atoms with E-state index >= 15 is 0 Å². The molecule has 2 N–H and O–H groups in total. The minimum Gasteiger partial charge on any atom is -0.386 e. The normalized spacial score (nSPS) is 42.0. The predicted octanol–water partition coefficient (Wildman–Crippen LogP) is 0.165. The molecule has 3 unspecified atom stereocenters. The van der Waals surface area contributed by atoms with E-state index < -0.39 is 31.3 Å². The summed E-state index contributed by atoms with van der Waals surface area (Å²) in [6.45, 7) is 2.77. The van der Waals surface area contributed by atoms with Gasteiger partial charge in [-0.3, -0.25) is 9.32 Å². The van der Waals surface area contributed by atoms with Crippen LogP contribution in [0.5, 0.6) is 0 Å². The first kappa shape index (κ1) is 16.1. The predicted molar refractivity (Wildman–Crippen MR) is 79.7 cm³/mol. The summed E-state index contributed by atoms with van der Waals surface area (Å²) < 4.78 is 21.9. The fourth-order valence-corrected chi connectivity index (χ4v) is 4.14. The summed E-state index contributed by atoms with van der Waals surface area (Å²) in [6.07, 6.45) is -1.27. The minimum absolute atomic E-state index is 0.179. The second kappa shape index (κ2) is 5.68. The Kier molecular flexibility index (Phi) is 4.15. The van der Waals surface area contributed by atoms with Crippen LogP contribution in [0.4, 0.5) is 0 Å². The Balaban J connectivity index is 1.82. The van der Waals surface area contributed by atoms with Gasteiger partial charge in [0.15, 0.2) is 6.23 Å². The number of nitrogens with zero attached hydrogens (tertiary/aromatic N) is 1. The molecule has 0 aromatic heterocycles. The smallest absolute Gasteiger partial charge is 0.327 e. The maximum absolute atomic E-state index is 11.6. The molecule has 3 aliphatic heterocycles. The van der Waals surface area contributed by atoms with Crippen molar-refractivity contribution in [2.45, 2.75) is 31.5 Å². The van der Waals surface area contributed by atoms with Crippen LogP contribution >= 0.6 is 6.72 Å². The third-order valence-electron chi connectivity index (χ3n) is 3.72. The van der Waals surface area contributed by atoms with Gasteiger partial charge >= 0.3 is 6.72 Å². The molecule has 0 aliphatic carbocycles. The first-order valence-electron chi connectivity index (χ1n) is 6.64. The Bertz CT molecular complexity index is 596. The Hall–Kier alpha value is -0.800. The van der Waals surface area contributed by atoms with Crippen molar-refractivity contribution in [3.05, 3.63) is 24.2 Å². The topological polar surface area (TPSA) is 89.5 Å². The van der Waals surface area contributed by atoms with E-state index in [-0.39, 0.29) is 12.5 Å². The molecule has 0 aromatic rings. The Morgan fingerprint density at radius 2 is 2.36 bits per heavy atom. The van der Waals surface area contributed by atoms with E-state index in [1.54, 1.807) is 18.0 Å². The quantitative estimate of drug-likeness (QED) is 0.683. The van der Waals surface area contributed by atoms with Gasteiger partial charge in [-0.25, -0.2) is 0 Å². The molecule has 3 rings (SSSR count). The van der Waals surface area contributed by atoms with Crippen molar-refractivity contribution in [2.75, 3.05) is 13.7 Å². The third kappa shape index (κ3) is 2.63. The highest BCUT2D eigenvalue weighted by atomic mass is 32.5. The lowest BCUT2D eigenvalue weighted by Gasteiger charge is -2.34. The van der Waals surface area contributed by atoms with E-state index in [1.807, 2.05) is 0 Å². The van der Waals surface area contributed by atoms with Crippen LogP contribution in [0.15, 0.2) is 24.2 Å². The van der Waals surface area contributed by atoms with E-state index in [0.717, 1.165) is 0 Å². The van der Waals surface area contributed by atoms with Crippen molar-refractivity contribution < 1.29 is 28.2 Å². The largest absolute Gasteiger partial charge is 0.386 e. The molecule has 22 heavy (non-hydrogen) atoms. The maximum atomic E-state index is 11.6. The summed E-state index contributed by atoms with van der Waals surface area (Å²) in [6, 6.07) is 0. The molecule has 2 saturated heterocycles.